The second kappa shape index (κ2) is 17.1. The van der Waals surface area contributed by atoms with E-state index in [9.17, 15) is 19.2 Å². The standard InChI is InChI=1S/C36H41N9O4/c37-31(38)25-16-12-22(13-17-25)20-28(33(47)43-27-9-2-1-3-10-27)34(48)45-30(21-23-14-15-24-7-4-5-8-26(24)19-23)35(49)44-29(32(39)46)11-6-18-42-36(40)41/h1-5,7-10,12-17,19,28-30H,6,11,18,20-21H2,(H3,37,38)(H2,39,46)(H,43,47)(H,44,49)(H,45,48)(H4,40,41,42)/t28?,29-,30-/m0/s1. The van der Waals surface area contributed by atoms with Crippen molar-refractivity contribution < 1.29 is 19.2 Å². The molecule has 0 saturated heterocycles. The van der Waals surface area contributed by atoms with Crippen LogP contribution in [0.25, 0.3) is 10.8 Å². The molecule has 0 radical (unpaired) electrons. The molecule has 1 unspecified atom stereocenters. The second-order valence-corrected chi connectivity index (χ2v) is 11.6. The number of guanidine groups is 1. The van der Waals surface area contributed by atoms with Crippen LogP contribution in [0.5, 0.6) is 0 Å². The van der Waals surface area contributed by atoms with Crippen LogP contribution in [0.2, 0.25) is 0 Å². The highest BCUT2D eigenvalue weighted by Crippen LogP contribution is 2.19. The molecule has 0 spiro atoms. The van der Waals surface area contributed by atoms with Gasteiger partial charge in [-0.2, -0.15) is 0 Å². The molecule has 0 heterocycles. The minimum Gasteiger partial charge on any atom is -0.384 e. The Morgan fingerprint density at radius 1 is 0.673 bits per heavy atom. The Balaban J connectivity index is 1.62. The predicted molar refractivity (Wildman–Crippen MR) is 190 cm³/mol. The van der Waals surface area contributed by atoms with Crippen molar-refractivity contribution in [2.75, 3.05) is 11.9 Å². The molecule has 0 aliphatic carbocycles. The van der Waals surface area contributed by atoms with Gasteiger partial charge in [0.2, 0.25) is 23.6 Å². The van der Waals surface area contributed by atoms with Crippen LogP contribution in [0.1, 0.15) is 29.5 Å². The van der Waals surface area contributed by atoms with Crippen LogP contribution in [0.4, 0.5) is 5.69 Å². The number of carbonyl (C=O) groups is 4. The topological polar surface area (TPSA) is 245 Å². The fourth-order valence-electron chi connectivity index (χ4n) is 5.26. The first kappa shape index (κ1) is 35.6. The third-order valence-corrected chi connectivity index (χ3v) is 7.87. The summed E-state index contributed by atoms with van der Waals surface area (Å²) in [6, 6.07) is 26.5. The second-order valence-electron chi connectivity index (χ2n) is 11.6. The average Bonchev–Trinajstić information content (AvgIpc) is 3.08. The van der Waals surface area contributed by atoms with E-state index in [0.29, 0.717) is 23.2 Å². The maximum absolute atomic E-state index is 14.0. The maximum atomic E-state index is 14.0. The first-order valence-corrected chi connectivity index (χ1v) is 15.7. The molecule has 4 aromatic rings. The number of rotatable bonds is 16. The van der Waals surface area contributed by atoms with Crippen molar-refractivity contribution in [1.29, 1.82) is 5.41 Å². The fourth-order valence-corrected chi connectivity index (χ4v) is 5.26. The molecule has 49 heavy (non-hydrogen) atoms. The van der Waals surface area contributed by atoms with E-state index >= 15 is 0 Å². The lowest BCUT2D eigenvalue weighted by atomic mass is 9.95. The molecule has 0 aromatic heterocycles. The molecule has 4 aromatic carbocycles. The lowest BCUT2D eigenvalue weighted by molar-refractivity contribution is -0.136. The van der Waals surface area contributed by atoms with E-state index in [4.69, 9.17) is 28.3 Å². The molecule has 3 atom stereocenters. The lowest BCUT2D eigenvalue weighted by Crippen LogP contribution is -2.55. The van der Waals surface area contributed by atoms with Crippen molar-refractivity contribution in [3.8, 4) is 0 Å². The van der Waals surface area contributed by atoms with Gasteiger partial charge >= 0.3 is 0 Å². The highest BCUT2D eigenvalue weighted by Gasteiger charge is 2.32. The van der Waals surface area contributed by atoms with Gasteiger partial charge < -0.3 is 38.9 Å². The van der Waals surface area contributed by atoms with E-state index in [2.05, 4.69) is 20.9 Å². The number of para-hydroxylation sites is 1. The first-order valence-electron chi connectivity index (χ1n) is 15.7. The third-order valence-electron chi connectivity index (χ3n) is 7.87. The summed E-state index contributed by atoms with van der Waals surface area (Å²) in [6.07, 6.45) is 0.564. The van der Waals surface area contributed by atoms with E-state index in [1.54, 1.807) is 54.6 Å². The van der Waals surface area contributed by atoms with Crippen LogP contribution in [0.3, 0.4) is 0 Å². The van der Waals surface area contributed by atoms with Crippen LogP contribution in [0, 0.1) is 11.3 Å². The lowest BCUT2D eigenvalue weighted by Gasteiger charge is -2.24. The van der Waals surface area contributed by atoms with Gasteiger partial charge in [0.05, 0.1) is 0 Å². The van der Waals surface area contributed by atoms with Crippen molar-refractivity contribution in [3.05, 3.63) is 114 Å². The largest absolute Gasteiger partial charge is 0.384 e. The summed E-state index contributed by atoms with van der Waals surface area (Å²) >= 11 is 0. The number of nitrogen functional groups attached to an aromatic ring is 1. The summed E-state index contributed by atoms with van der Waals surface area (Å²) in [5, 5.41) is 17.8. The summed E-state index contributed by atoms with van der Waals surface area (Å²) < 4.78 is 0. The van der Waals surface area contributed by atoms with E-state index in [1.165, 1.54) is 0 Å². The molecule has 0 fully saturated rings. The number of amidine groups is 1. The molecule has 13 nitrogen and oxygen atoms in total. The van der Waals surface area contributed by atoms with Crippen LogP contribution >= 0.6 is 0 Å². The average molecular weight is 664 g/mol. The molecular formula is C36H41N9O4. The monoisotopic (exact) mass is 663 g/mol. The molecule has 254 valence electrons. The first-order chi connectivity index (χ1) is 23.5. The Bertz CT molecular complexity index is 1820. The number of hydrogen-bond donors (Lipinski definition) is 8. The number of hydrogen-bond acceptors (Lipinski definition) is 6. The predicted octanol–water partition coefficient (Wildman–Crippen LogP) is 1.67. The summed E-state index contributed by atoms with van der Waals surface area (Å²) in [5.74, 6) is -4.17. The number of amides is 4. The number of nitrogens with one attached hydrogen (secondary N) is 4. The normalized spacial score (nSPS) is 12.6. The Morgan fingerprint density at radius 2 is 1.31 bits per heavy atom. The zero-order chi connectivity index (χ0) is 35.3. The SMILES string of the molecule is N=C(N)c1ccc(CC(C(=O)Nc2ccccc2)C(=O)N[C@@H](Cc2ccc3ccccc3c2)C(=O)N[C@@H](CCCN=C(N)N)C(N)=O)cc1. The number of nitrogens with zero attached hydrogens (tertiary/aromatic N) is 1. The number of anilines is 1. The zero-order valence-corrected chi connectivity index (χ0v) is 26.9. The van der Waals surface area contributed by atoms with Crippen LogP contribution in [-0.2, 0) is 32.0 Å². The third kappa shape index (κ3) is 10.6. The number of benzene rings is 4. The summed E-state index contributed by atoms with van der Waals surface area (Å²) in [6.45, 7) is 0.227. The molecule has 13 heteroatoms. The smallest absolute Gasteiger partial charge is 0.243 e. The van der Waals surface area contributed by atoms with E-state index in [0.717, 1.165) is 16.3 Å². The minimum atomic E-state index is -1.26. The number of fused-ring (bicyclic) bond motifs is 1. The molecule has 0 aliphatic rings. The van der Waals surface area contributed by atoms with Crippen molar-refractivity contribution >= 4 is 51.9 Å². The van der Waals surface area contributed by atoms with Gasteiger partial charge in [0.1, 0.15) is 23.8 Å². The number of carbonyl (C=O) groups excluding carboxylic acids is 4. The Hall–Kier alpha value is -6.24. The zero-order valence-electron chi connectivity index (χ0n) is 26.9. The van der Waals surface area contributed by atoms with Gasteiger partial charge in [-0.25, -0.2) is 0 Å². The quantitative estimate of drug-likeness (QED) is 0.0381. The van der Waals surface area contributed by atoms with Crippen LogP contribution < -0.4 is 38.9 Å². The Labute approximate surface area is 284 Å². The molecular weight excluding hydrogens is 622 g/mol. The highest BCUT2D eigenvalue weighted by atomic mass is 16.2. The molecule has 12 N–H and O–H groups in total. The van der Waals surface area contributed by atoms with Gasteiger partial charge in [0.15, 0.2) is 5.96 Å². The van der Waals surface area contributed by atoms with Crippen molar-refractivity contribution in [2.24, 2.45) is 33.8 Å². The molecule has 4 rings (SSSR count). The summed E-state index contributed by atoms with van der Waals surface area (Å²) in [7, 11) is 0. The van der Waals surface area contributed by atoms with Crippen LogP contribution in [-0.4, -0.2) is 54.1 Å². The Morgan fingerprint density at radius 3 is 1.96 bits per heavy atom. The molecule has 0 aliphatic heterocycles. The summed E-state index contributed by atoms with van der Waals surface area (Å²) in [5.41, 5.74) is 24.4. The van der Waals surface area contributed by atoms with E-state index in [1.807, 2.05) is 42.5 Å². The number of aliphatic imine (C=N–C) groups is 1. The number of nitrogens with two attached hydrogens (primary N) is 4. The van der Waals surface area contributed by atoms with Gasteiger partial charge in [0.25, 0.3) is 0 Å². The van der Waals surface area contributed by atoms with Gasteiger partial charge in [-0.15, -0.1) is 0 Å². The fraction of sp³-hybridized carbons (Fsp3) is 0.222. The van der Waals surface area contributed by atoms with E-state index in [-0.39, 0.29) is 37.6 Å². The minimum absolute atomic E-state index is 0.0122. The number of primary amides is 1. The highest BCUT2D eigenvalue weighted by molar-refractivity contribution is 6.07. The van der Waals surface area contributed by atoms with Crippen molar-refractivity contribution in [1.82, 2.24) is 10.6 Å². The maximum Gasteiger partial charge on any atom is 0.243 e. The Kier molecular flexibility index (Phi) is 12.4. The molecule has 4 amide bonds. The van der Waals surface area contributed by atoms with Gasteiger partial charge in [-0.05, 0) is 53.3 Å². The van der Waals surface area contributed by atoms with Crippen molar-refractivity contribution in [3.63, 3.8) is 0 Å². The molecule has 0 saturated carbocycles. The van der Waals surface area contributed by atoms with Gasteiger partial charge in [-0.1, -0.05) is 84.9 Å². The van der Waals surface area contributed by atoms with Gasteiger partial charge in [0, 0.05) is 24.2 Å². The van der Waals surface area contributed by atoms with E-state index < -0.39 is 41.6 Å². The molecule has 0 bridgehead atoms. The van der Waals surface area contributed by atoms with Gasteiger partial charge in [-0.3, -0.25) is 29.6 Å². The van der Waals surface area contributed by atoms with Crippen LogP contribution in [0.15, 0.2) is 102 Å². The summed E-state index contributed by atoms with van der Waals surface area (Å²) in [4.78, 5) is 57.7. The van der Waals surface area contributed by atoms with Crippen molar-refractivity contribution in [2.45, 2.75) is 37.8 Å².